The molecule has 0 spiro atoms. The second-order valence-electron chi connectivity index (χ2n) is 5.91. The summed E-state index contributed by atoms with van der Waals surface area (Å²) >= 11 is 0. The minimum atomic E-state index is 0. The molecule has 4 nitrogen and oxygen atoms in total. The molecule has 0 unspecified atom stereocenters. The maximum Gasteiger partial charge on any atom is 1.00 e. The van der Waals surface area contributed by atoms with Crippen LogP contribution in [0.4, 0.5) is 0 Å². The van der Waals surface area contributed by atoms with E-state index in [4.69, 9.17) is 0 Å². The van der Waals surface area contributed by atoms with Crippen LogP contribution < -0.4 is 29.6 Å². The van der Waals surface area contributed by atoms with Gasteiger partial charge >= 0.3 is 29.6 Å². The second kappa shape index (κ2) is 7.78. The zero-order valence-corrected chi connectivity index (χ0v) is 17.3. The molecule has 2 aliphatic heterocycles. The number of nitrogens with one attached hydrogen (secondary N) is 2. The van der Waals surface area contributed by atoms with Gasteiger partial charge in [0, 0.05) is 39.1 Å². The maximum atomic E-state index is 4.62. The van der Waals surface area contributed by atoms with Crippen LogP contribution in [0.5, 0.6) is 0 Å². The third-order valence-corrected chi connectivity index (χ3v) is 4.04. The fraction of sp³-hybridized carbons (Fsp3) is 0. The Morgan fingerprint density at radius 2 is 0.885 bits per heavy atom. The number of aromatic amines is 2. The van der Waals surface area contributed by atoms with Gasteiger partial charge in [0.15, 0.2) is 0 Å². The fourth-order valence-electron chi connectivity index (χ4n) is 2.94. The van der Waals surface area contributed by atoms with Crippen molar-refractivity contribution in [2.24, 2.45) is 0 Å². The van der Waals surface area contributed by atoms with E-state index in [0.29, 0.717) is 0 Å². The largest absolute Gasteiger partial charge is 1.00 e. The average Bonchev–Trinajstić information content (AvgIpc) is 3.32. The Hall–Kier alpha value is -1.88. The molecule has 0 aliphatic carbocycles. The minimum Gasteiger partial charge on any atom is -1.00 e. The molecule has 6 heteroatoms. The van der Waals surface area contributed by atoms with Crippen LogP contribution in [0.1, 0.15) is 24.2 Å². The molecule has 8 bridgehead atoms. The molecule has 2 N–H and O–H groups in total. The smallest absolute Gasteiger partial charge is 1.00 e. The van der Waals surface area contributed by atoms with Crippen molar-refractivity contribution in [1.29, 1.82) is 0 Å². The minimum absolute atomic E-state index is 0. The Kier molecular flexibility index (Phi) is 5.66. The van der Waals surface area contributed by atoms with Crippen LogP contribution in [-0.4, -0.2) is 19.9 Å². The number of fused-ring (bicyclic) bond motifs is 8. The predicted molar refractivity (Wildman–Crippen MR) is 100.0 cm³/mol. The quantitative estimate of drug-likeness (QED) is 0.396. The van der Waals surface area contributed by atoms with Gasteiger partial charge in [-0.15, -0.1) is 0 Å². The van der Waals surface area contributed by atoms with Crippen LogP contribution in [0.25, 0.3) is 46.4 Å². The second-order valence-corrected chi connectivity index (χ2v) is 5.91. The monoisotopic (exact) mass is 390 g/mol. The molecule has 0 aromatic carbocycles. The Labute approximate surface area is 184 Å². The van der Waals surface area contributed by atoms with Gasteiger partial charge in [0.2, 0.25) is 0 Å². The first-order chi connectivity index (χ1) is 11.8. The number of hydrogen-bond acceptors (Lipinski definition) is 2. The van der Waals surface area contributed by atoms with Crippen molar-refractivity contribution in [3.63, 3.8) is 0 Å². The van der Waals surface area contributed by atoms with Crippen molar-refractivity contribution >= 4 is 46.4 Å². The summed E-state index contributed by atoms with van der Waals surface area (Å²) in [5.74, 6) is 0. The first-order valence-corrected chi connectivity index (χ1v) is 7.85. The van der Waals surface area contributed by atoms with E-state index in [1.54, 1.807) is 0 Å². The molecule has 5 heterocycles. The zero-order valence-electron chi connectivity index (χ0n) is 15.2. The molecule has 0 saturated carbocycles. The fourth-order valence-corrected chi connectivity index (χ4v) is 2.94. The Morgan fingerprint density at radius 1 is 0.538 bits per heavy atom. The van der Waals surface area contributed by atoms with Gasteiger partial charge in [0.05, 0.1) is 22.8 Å². The van der Waals surface area contributed by atoms with E-state index >= 15 is 0 Å². The van der Waals surface area contributed by atoms with E-state index in [2.05, 4.69) is 50.3 Å². The van der Waals surface area contributed by atoms with E-state index in [1.807, 2.05) is 42.5 Å². The van der Waals surface area contributed by atoms with E-state index in [0.717, 1.165) is 44.8 Å². The SMILES string of the molecule is C1=Cc2cc3ccc(cc4ccc(cc5nc(cc1n2)C=C5)[nH]4)[nH]3.[Fe].[H-].[Na+]. The van der Waals surface area contributed by atoms with Crippen LogP contribution in [0.3, 0.4) is 0 Å². The van der Waals surface area contributed by atoms with Crippen molar-refractivity contribution in [3.8, 4) is 0 Å². The van der Waals surface area contributed by atoms with Gasteiger partial charge in [-0.2, -0.15) is 0 Å². The molecule has 5 rings (SSSR count). The molecule has 3 aromatic heterocycles. The third-order valence-electron chi connectivity index (χ3n) is 4.04. The summed E-state index contributed by atoms with van der Waals surface area (Å²) in [6, 6.07) is 16.4. The molecule has 0 saturated heterocycles. The molecule has 3 aromatic rings. The number of H-pyrrole nitrogens is 2. The molecule has 124 valence electrons. The summed E-state index contributed by atoms with van der Waals surface area (Å²) in [4.78, 5) is 16.0. The molecule has 2 aliphatic rings. The van der Waals surface area contributed by atoms with Crippen molar-refractivity contribution < 1.29 is 48.1 Å². The molecular formula is C20H15FeN4Na. The number of hydrogen-bond donors (Lipinski definition) is 2. The van der Waals surface area contributed by atoms with Gasteiger partial charge in [-0.1, -0.05) is 0 Å². The summed E-state index contributed by atoms with van der Waals surface area (Å²) in [6.45, 7) is 0. The Morgan fingerprint density at radius 3 is 1.31 bits per heavy atom. The van der Waals surface area contributed by atoms with Crippen molar-refractivity contribution in [2.45, 2.75) is 0 Å². The molecule has 0 fully saturated rings. The summed E-state index contributed by atoms with van der Waals surface area (Å²) < 4.78 is 0. The van der Waals surface area contributed by atoms with Crippen molar-refractivity contribution in [1.82, 2.24) is 19.9 Å². The summed E-state index contributed by atoms with van der Waals surface area (Å²) in [7, 11) is 0. The van der Waals surface area contributed by atoms with Crippen LogP contribution in [0.2, 0.25) is 0 Å². The average molecular weight is 390 g/mol. The van der Waals surface area contributed by atoms with E-state index in [9.17, 15) is 0 Å². The summed E-state index contributed by atoms with van der Waals surface area (Å²) in [5.41, 5.74) is 7.86. The maximum absolute atomic E-state index is 4.62. The normalized spacial score (nSPS) is 11.7. The standard InChI is InChI=1S/C20H14N4.Fe.Na.H/c1-2-14-10-16-5-6-18(23-16)12-20-8-7-19(24-20)11-17-4-3-15(22-17)9-13(1)21-14;;;/h1-12,21-22H;;;/q;;+1;-1. The summed E-state index contributed by atoms with van der Waals surface area (Å²) in [6.07, 6.45) is 8.05. The van der Waals surface area contributed by atoms with Crippen LogP contribution in [0, 0.1) is 0 Å². The first kappa shape index (κ1) is 18.9. The van der Waals surface area contributed by atoms with Gasteiger partial charge in [-0.3, -0.25) is 0 Å². The van der Waals surface area contributed by atoms with Gasteiger partial charge in [-0.25, -0.2) is 9.97 Å². The van der Waals surface area contributed by atoms with E-state index in [-0.39, 0.29) is 48.1 Å². The molecule has 0 amide bonds. The molecule has 0 radical (unpaired) electrons. The Bertz CT molecular complexity index is 1090. The molecular weight excluding hydrogens is 375 g/mol. The van der Waals surface area contributed by atoms with E-state index < -0.39 is 0 Å². The number of nitrogens with zero attached hydrogens (tertiary/aromatic N) is 2. The Balaban J connectivity index is 0.000000871. The van der Waals surface area contributed by atoms with Crippen LogP contribution in [0.15, 0.2) is 48.5 Å². The van der Waals surface area contributed by atoms with Crippen molar-refractivity contribution in [3.05, 3.63) is 71.3 Å². The van der Waals surface area contributed by atoms with Crippen LogP contribution >= 0.6 is 0 Å². The van der Waals surface area contributed by atoms with Crippen LogP contribution in [-0.2, 0) is 17.1 Å². The molecule has 26 heavy (non-hydrogen) atoms. The number of aromatic nitrogens is 4. The van der Waals surface area contributed by atoms with Crippen molar-refractivity contribution in [2.75, 3.05) is 0 Å². The van der Waals surface area contributed by atoms with Gasteiger partial charge in [-0.05, 0) is 72.8 Å². The van der Waals surface area contributed by atoms with Gasteiger partial charge in [0.1, 0.15) is 0 Å². The molecule has 0 atom stereocenters. The third kappa shape index (κ3) is 3.93. The number of rotatable bonds is 0. The van der Waals surface area contributed by atoms with E-state index in [1.165, 1.54) is 0 Å². The first-order valence-electron chi connectivity index (χ1n) is 7.85. The van der Waals surface area contributed by atoms with Gasteiger partial charge in [0.25, 0.3) is 0 Å². The topological polar surface area (TPSA) is 57.4 Å². The zero-order chi connectivity index (χ0) is 15.9. The summed E-state index contributed by atoms with van der Waals surface area (Å²) in [5, 5.41) is 0. The predicted octanol–water partition coefficient (Wildman–Crippen LogP) is 1.77. The van der Waals surface area contributed by atoms with Gasteiger partial charge < -0.3 is 11.4 Å².